The molecule has 3 rings (SSSR count). The summed E-state index contributed by atoms with van der Waals surface area (Å²) in [5.74, 6) is 0.933. The number of rotatable bonds is 7. The van der Waals surface area contributed by atoms with Crippen molar-refractivity contribution in [2.45, 2.75) is 64.5 Å². The normalized spacial score (nSPS) is 26.5. The third-order valence-corrected chi connectivity index (χ3v) is 6.28. The highest BCUT2D eigenvalue weighted by atomic mass is 16.5. The van der Waals surface area contributed by atoms with E-state index < -0.39 is 5.54 Å². The summed E-state index contributed by atoms with van der Waals surface area (Å²) in [5.41, 5.74) is -0.212. The van der Waals surface area contributed by atoms with Crippen molar-refractivity contribution in [1.82, 2.24) is 14.8 Å². The van der Waals surface area contributed by atoms with Crippen molar-refractivity contribution in [2.75, 3.05) is 39.3 Å². The SMILES string of the molecule is CC(C)CCCN1CCN([C@]2(C(=O)c3ccccn3)CCOC(C)(C)C2)CC1. The van der Waals surface area contributed by atoms with E-state index in [0.717, 1.165) is 44.9 Å². The molecule has 0 radical (unpaired) electrons. The standard InChI is InChI=1S/C23H37N3O2/c1-19(2)8-7-12-25-13-15-26(16-14-25)23(10-17-28-22(3,4)18-23)21(27)20-9-5-6-11-24-20/h5-6,9,11,19H,7-8,10,12-18H2,1-4H3/t23-/m1/s1. The van der Waals surface area contributed by atoms with Gasteiger partial charge in [0.15, 0.2) is 0 Å². The quantitative estimate of drug-likeness (QED) is 0.669. The van der Waals surface area contributed by atoms with Gasteiger partial charge in [-0.1, -0.05) is 19.9 Å². The lowest BCUT2D eigenvalue weighted by Crippen LogP contribution is -2.65. The first-order valence-corrected chi connectivity index (χ1v) is 10.9. The van der Waals surface area contributed by atoms with Crippen molar-refractivity contribution >= 4 is 5.78 Å². The van der Waals surface area contributed by atoms with E-state index in [-0.39, 0.29) is 11.4 Å². The van der Waals surface area contributed by atoms with Crippen molar-refractivity contribution in [3.05, 3.63) is 30.1 Å². The minimum absolute atomic E-state index is 0.165. The first-order chi connectivity index (χ1) is 13.3. The van der Waals surface area contributed by atoms with Crippen LogP contribution in [0.1, 0.15) is 63.9 Å². The fraction of sp³-hybridized carbons (Fsp3) is 0.739. The Morgan fingerprint density at radius 2 is 1.96 bits per heavy atom. The predicted molar refractivity (Wildman–Crippen MR) is 113 cm³/mol. The minimum Gasteiger partial charge on any atom is -0.375 e. The highest BCUT2D eigenvalue weighted by molar-refractivity contribution is 6.02. The van der Waals surface area contributed by atoms with Crippen LogP contribution in [0.2, 0.25) is 0 Å². The largest absolute Gasteiger partial charge is 0.375 e. The monoisotopic (exact) mass is 387 g/mol. The maximum absolute atomic E-state index is 13.7. The number of carbonyl (C=O) groups excluding carboxylic acids is 1. The third kappa shape index (κ3) is 5.00. The lowest BCUT2D eigenvalue weighted by atomic mass is 9.75. The molecule has 0 aliphatic carbocycles. The zero-order valence-electron chi connectivity index (χ0n) is 18.1. The number of hydrogen-bond acceptors (Lipinski definition) is 5. The van der Waals surface area contributed by atoms with Crippen LogP contribution in [0.4, 0.5) is 0 Å². The van der Waals surface area contributed by atoms with Crippen molar-refractivity contribution in [3.63, 3.8) is 0 Å². The van der Waals surface area contributed by atoms with Crippen LogP contribution in [0.15, 0.2) is 24.4 Å². The molecule has 2 fully saturated rings. The van der Waals surface area contributed by atoms with Crippen molar-refractivity contribution < 1.29 is 9.53 Å². The maximum atomic E-state index is 13.7. The van der Waals surface area contributed by atoms with Gasteiger partial charge in [0.25, 0.3) is 0 Å². The van der Waals surface area contributed by atoms with Crippen LogP contribution < -0.4 is 0 Å². The van der Waals surface area contributed by atoms with E-state index in [4.69, 9.17) is 4.74 Å². The Hall–Kier alpha value is -1.30. The Labute approximate surface area is 170 Å². The number of piperazine rings is 1. The molecule has 2 saturated heterocycles. The zero-order valence-corrected chi connectivity index (χ0v) is 18.1. The van der Waals surface area contributed by atoms with E-state index in [2.05, 4.69) is 42.5 Å². The summed E-state index contributed by atoms with van der Waals surface area (Å²) in [4.78, 5) is 23.0. The Balaban J connectivity index is 1.73. The van der Waals surface area contributed by atoms with Crippen LogP contribution in [-0.2, 0) is 4.74 Å². The Kier molecular flexibility index (Phi) is 6.89. The second-order valence-corrected chi connectivity index (χ2v) is 9.48. The number of aromatic nitrogens is 1. The number of carbonyl (C=O) groups is 1. The van der Waals surface area contributed by atoms with Crippen LogP contribution in [-0.4, -0.2) is 71.0 Å². The molecule has 1 aromatic heterocycles. The smallest absolute Gasteiger partial charge is 0.201 e. The molecule has 2 aliphatic heterocycles. The molecule has 0 bridgehead atoms. The van der Waals surface area contributed by atoms with E-state index in [0.29, 0.717) is 12.3 Å². The van der Waals surface area contributed by atoms with Gasteiger partial charge in [-0.05, 0) is 57.7 Å². The number of hydrogen-bond donors (Lipinski definition) is 0. The highest BCUT2D eigenvalue weighted by Gasteiger charge is 2.51. The molecule has 1 aromatic rings. The third-order valence-electron chi connectivity index (χ3n) is 6.28. The highest BCUT2D eigenvalue weighted by Crippen LogP contribution is 2.39. The summed E-state index contributed by atoms with van der Waals surface area (Å²) in [6.07, 6.45) is 5.74. The molecule has 0 saturated carbocycles. The molecule has 1 atom stereocenters. The molecule has 2 aliphatic rings. The summed E-state index contributed by atoms with van der Waals surface area (Å²) < 4.78 is 5.98. The van der Waals surface area contributed by atoms with Gasteiger partial charge in [-0.2, -0.15) is 0 Å². The van der Waals surface area contributed by atoms with Gasteiger partial charge in [0.1, 0.15) is 5.69 Å². The van der Waals surface area contributed by atoms with Crippen LogP contribution in [0.25, 0.3) is 0 Å². The van der Waals surface area contributed by atoms with E-state index in [9.17, 15) is 4.79 Å². The minimum atomic E-state index is -0.500. The number of nitrogens with zero attached hydrogens (tertiary/aromatic N) is 3. The topological polar surface area (TPSA) is 45.7 Å². The lowest BCUT2D eigenvalue weighted by Gasteiger charge is -2.52. The molecule has 5 nitrogen and oxygen atoms in total. The molecule has 28 heavy (non-hydrogen) atoms. The molecule has 0 N–H and O–H groups in total. The summed E-state index contributed by atoms with van der Waals surface area (Å²) in [5, 5.41) is 0. The zero-order chi connectivity index (χ0) is 20.2. The summed E-state index contributed by atoms with van der Waals surface area (Å²) in [7, 11) is 0. The molecule has 5 heteroatoms. The van der Waals surface area contributed by atoms with Crippen molar-refractivity contribution in [1.29, 1.82) is 0 Å². The van der Waals surface area contributed by atoms with Crippen LogP contribution >= 0.6 is 0 Å². The second kappa shape index (κ2) is 9.02. The average molecular weight is 388 g/mol. The Morgan fingerprint density at radius 1 is 1.21 bits per heavy atom. The molecule has 0 aromatic carbocycles. The molecule has 156 valence electrons. The Bertz CT molecular complexity index is 639. The maximum Gasteiger partial charge on any atom is 0.201 e. The van der Waals surface area contributed by atoms with E-state index in [1.807, 2.05) is 18.2 Å². The number of Topliss-reactive ketones (excluding diaryl/α,β-unsaturated/α-hetero) is 1. The van der Waals surface area contributed by atoms with Gasteiger partial charge < -0.3 is 9.64 Å². The van der Waals surface area contributed by atoms with Crippen LogP contribution in [0.5, 0.6) is 0 Å². The van der Waals surface area contributed by atoms with Crippen molar-refractivity contribution in [3.8, 4) is 0 Å². The van der Waals surface area contributed by atoms with Gasteiger partial charge in [0, 0.05) is 45.4 Å². The lowest BCUT2D eigenvalue weighted by molar-refractivity contribution is -0.113. The Morgan fingerprint density at radius 3 is 2.57 bits per heavy atom. The number of ketones is 1. The fourth-order valence-corrected chi connectivity index (χ4v) is 4.81. The first kappa shape index (κ1) is 21.4. The number of pyridine rings is 1. The fourth-order valence-electron chi connectivity index (χ4n) is 4.81. The van der Waals surface area contributed by atoms with Gasteiger partial charge in [-0.15, -0.1) is 0 Å². The molecular weight excluding hydrogens is 350 g/mol. The van der Waals surface area contributed by atoms with Gasteiger partial charge >= 0.3 is 0 Å². The summed E-state index contributed by atoms with van der Waals surface area (Å²) >= 11 is 0. The summed E-state index contributed by atoms with van der Waals surface area (Å²) in [6, 6.07) is 5.63. The second-order valence-electron chi connectivity index (χ2n) is 9.48. The average Bonchev–Trinajstić information content (AvgIpc) is 2.67. The predicted octanol–water partition coefficient (Wildman–Crippen LogP) is 3.65. The van der Waals surface area contributed by atoms with Gasteiger partial charge in [-0.25, -0.2) is 0 Å². The van der Waals surface area contributed by atoms with Crippen LogP contribution in [0.3, 0.4) is 0 Å². The first-order valence-electron chi connectivity index (χ1n) is 10.9. The molecular formula is C23H37N3O2. The summed E-state index contributed by atoms with van der Waals surface area (Å²) in [6.45, 7) is 14.5. The molecule has 0 unspecified atom stereocenters. The van der Waals surface area contributed by atoms with Gasteiger partial charge in [0.2, 0.25) is 5.78 Å². The van der Waals surface area contributed by atoms with E-state index in [1.165, 1.54) is 19.4 Å². The van der Waals surface area contributed by atoms with E-state index >= 15 is 0 Å². The van der Waals surface area contributed by atoms with Crippen molar-refractivity contribution in [2.24, 2.45) is 5.92 Å². The molecule has 3 heterocycles. The van der Waals surface area contributed by atoms with E-state index in [1.54, 1.807) is 6.20 Å². The van der Waals surface area contributed by atoms with Crippen LogP contribution in [0, 0.1) is 5.92 Å². The van der Waals surface area contributed by atoms with Gasteiger partial charge in [-0.3, -0.25) is 14.7 Å². The number of ether oxygens (including phenoxy) is 1. The van der Waals surface area contributed by atoms with Gasteiger partial charge in [0.05, 0.1) is 11.1 Å². The molecule has 0 amide bonds. The molecule has 0 spiro atoms.